The zero-order valence-electron chi connectivity index (χ0n) is 9.35. The van der Waals surface area contributed by atoms with Gasteiger partial charge in [0.2, 0.25) is 5.95 Å². The third kappa shape index (κ3) is 2.06. The summed E-state index contributed by atoms with van der Waals surface area (Å²) in [6.07, 6.45) is 3.81. The minimum absolute atomic E-state index is 0.270. The third-order valence-electron chi connectivity index (χ3n) is 2.99. The second-order valence-corrected chi connectivity index (χ2v) is 4.25. The van der Waals surface area contributed by atoms with Crippen LogP contribution in [0.5, 0.6) is 0 Å². The molecule has 2 heterocycles. The zero-order chi connectivity index (χ0) is 11.5. The number of hydrogen-bond acceptors (Lipinski definition) is 5. The van der Waals surface area contributed by atoms with Crippen LogP contribution in [0.1, 0.15) is 25.3 Å². The van der Waals surface area contributed by atoms with Crippen LogP contribution < -0.4 is 10.6 Å². The number of nitrogens with two attached hydrogens (primary N) is 1. The lowest BCUT2D eigenvalue weighted by atomic mass is 10.00. The van der Waals surface area contributed by atoms with Crippen molar-refractivity contribution in [3.63, 3.8) is 0 Å². The van der Waals surface area contributed by atoms with Gasteiger partial charge in [-0.1, -0.05) is 6.92 Å². The van der Waals surface area contributed by atoms with E-state index in [1.54, 1.807) is 0 Å². The fourth-order valence-corrected chi connectivity index (χ4v) is 1.83. The van der Waals surface area contributed by atoms with E-state index in [1.165, 1.54) is 6.20 Å². The maximum atomic E-state index is 8.73. The molecule has 1 aromatic rings. The van der Waals surface area contributed by atoms with E-state index in [1.807, 2.05) is 6.07 Å². The molecule has 1 saturated heterocycles. The lowest BCUT2D eigenvalue weighted by molar-refractivity contribution is 0.434. The second kappa shape index (κ2) is 4.35. The molecule has 0 aromatic carbocycles. The van der Waals surface area contributed by atoms with Crippen LogP contribution in [-0.4, -0.2) is 23.1 Å². The van der Waals surface area contributed by atoms with Crippen molar-refractivity contribution in [2.45, 2.75) is 19.8 Å². The van der Waals surface area contributed by atoms with Crippen molar-refractivity contribution in [2.75, 3.05) is 23.7 Å². The Kier molecular flexibility index (Phi) is 2.91. The van der Waals surface area contributed by atoms with Gasteiger partial charge in [-0.25, -0.2) is 4.98 Å². The van der Waals surface area contributed by atoms with E-state index in [0.717, 1.165) is 31.8 Å². The van der Waals surface area contributed by atoms with E-state index in [0.29, 0.717) is 11.5 Å². The average Bonchev–Trinajstić information content (AvgIpc) is 2.30. The summed E-state index contributed by atoms with van der Waals surface area (Å²) in [5.41, 5.74) is 6.01. The summed E-state index contributed by atoms with van der Waals surface area (Å²) in [5.74, 6) is 1.68. The third-order valence-corrected chi connectivity index (χ3v) is 2.99. The summed E-state index contributed by atoms with van der Waals surface area (Å²) >= 11 is 0. The topological polar surface area (TPSA) is 78.8 Å². The smallest absolute Gasteiger partial charge is 0.227 e. The highest BCUT2D eigenvalue weighted by Gasteiger charge is 2.18. The molecule has 0 saturated carbocycles. The first-order valence-electron chi connectivity index (χ1n) is 5.48. The zero-order valence-corrected chi connectivity index (χ0v) is 9.35. The number of anilines is 2. The highest BCUT2D eigenvalue weighted by molar-refractivity contribution is 5.50. The van der Waals surface area contributed by atoms with Crippen LogP contribution >= 0.6 is 0 Å². The van der Waals surface area contributed by atoms with Crippen molar-refractivity contribution in [2.24, 2.45) is 5.92 Å². The molecule has 16 heavy (non-hydrogen) atoms. The Bertz CT molecular complexity index is 415. The van der Waals surface area contributed by atoms with Gasteiger partial charge >= 0.3 is 0 Å². The minimum atomic E-state index is 0.270. The van der Waals surface area contributed by atoms with Crippen molar-refractivity contribution < 1.29 is 0 Å². The molecule has 0 bridgehead atoms. The van der Waals surface area contributed by atoms with Gasteiger partial charge in [-0.05, 0) is 18.8 Å². The molecule has 1 aliphatic heterocycles. The van der Waals surface area contributed by atoms with Gasteiger partial charge in [0.1, 0.15) is 17.5 Å². The predicted octanol–water partition coefficient (Wildman–Crippen LogP) is 1.17. The molecule has 1 aliphatic rings. The van der Waals surface area contributed by atoms with Gasteiger partial charge in [0.05, 0.1) is 6.20 Å². The first-order chi connectivity index (χ1) is 7.70. The highest BCUT2D eigenvalue weighted by atomic mass is 15.3. The van der Waals surface area contributed by atoms with E-state index in [9.17, 15) is 0 Å². The molecule has 0 unspecified atom stereocenters. The van der Waals surface area contributed by atoms with E-state index >= 15 is 0 Å². The molecule has 84 valence electrons. The van der Waals surface area contributed by atoms with Gasteiger partial charge in [-0.2, -0.15) is 10.2 Å². The van der Waals surface area contributed by atoms with Crippen LogP contribution in [0.2, 0.25) is 0 Å². The first kappa shape index (κ1) is 10.7. The van der Waals surface area contributed by atoms with Crippen LogP contribution in [0.25, 0.3) is 0 Å². The molecule has 1 aromatic heterocycles. The van der Waals surface area contributed by atoms with Crippen molar-refractivity contribution in [1.29, 1.82) is 5.26 Å². The highest BCUT2D eigenvalue weighted by Crippen LogP contribution is 2.20. The summed E-state index contributed by atoms with van der Waals surface area (Å²) in [6, 6.07) is 1.96. The van der Waals surface area contributed by atoms with Crippen molar-refractivity contribution in [3.05, 3.63) is 11.8 Å². The molecule has 5 heteroatoms. The first-order valence-corrected chi connectivity index (χ1v) is 5.48. The number of nitriles is 1. The van der Waals surface area contributed by atoms with E-state index in [-0.39, 0.29) is 5.82 Å². The number of aromatic nitrogens is 2. The van der Waals surface area contributed by atoms with Gasteiger partial charge < -0.3 is 10.6 Å². The van der Waals surface area contributed by atoms with E-state index < -0.39 is 0 Å². The van der Waals surface area contributed by atoms with Crippen LogP contribution in [0.4, 0.5) is 11.8 Å². The predicted molar refractivity (Wildman–Crippen MR) is 61.8 cm³/mol. The van der Waals surface area contributed by atoms with Crippen molar-refractivity contribution in [1.82, 2.24) is 9.97 Å². The van der Waals surface area contributed by atoms with Crippen LogP contribution in [0, 0.1) is 17.2 Å². The molecule has 0 atom stereocenters. The summed E-state index contributed by atoms with van der Waals surface area (Å²) in [6.45, 7) is 4.18. The minimum Gasteiger partial charge on any atom is -0.382 e. The monoisotopic (exact) mass is 217 g/mol. The molecule has 2 rings (SSSR count). The lowest BCUT2D eigenvalue weighted by Crippen LogP contribution is -2.34. The van der Waals surface area contributed by atoms with Crippen LogP contribution in [0.3, 0.4) is 0 Å². The molecule has 0 amide bonds. The molecular weight excluding hydrogens is 202 g/mol. The Morgan fingerprint density at radius 1 is 1.50 bits per heavy atom. The maximum absolute atomic E-state index is 8.73. The van der Waals surface area contributed by atoms with E-state index in [2.05, 4.69) is 21.8 Å². The van der Waals surface area contributed by atoms with E-state index in [4.69, 9.17) is 11.0 Å². The van der Waals surface area contributed by atoms with Gasteiger partial charge in [0, 0.05) is 13.1 Å². The average molecular weight is 217 g/mol. The van der Waals surface area contributed by atoms with Crippen LogP contribution in [0.15, 0.2) is 6.20 Å². The van der Waals surface area contributed by atoms with Gasteiger partial charge in [-0.3, -0.25) is 0 Å². The molecule has 0 spiro atoms. The lowest BCUT2D eigenvalue weighted by Gasteiger charge is -2.30. The molecule has 5 nitrogen and oxygen atoms in total. The Labute approximate surface area is 94.9 Å². The Morgan fingerprint density at radius 2 is 2.19 bits per heavy atom. The Balaban J connectivity index is 2.16. The molecular formula is C11H15N5. The van der Waals surface area contributed by atoms with Crippen LogP contribution in [-0.2, 0) is 0 Å². The van der Waals surface area contributed by atoms with Crippen molar-refractivity contribution >= 4 is 11.8 Å². The Hall–Kier alpha value is -1.83. The summed E-state index contributed by atoms with van der Waals surface area (Å²) in [4.78, 5) is 10.5. The number of hydrogen-bond donors (Lipinski definition) is 1. The molecule has 1 fully saturated rings. The van der Waals surface area contributed by atoms with Gasteiger partial charge in [0.25, 0.3) is 0 Å². The number of nitrogens with zero attached hydrogens (tertiary/aromatic N) is 4. The summed E-state index contributed by atoms with van der Waals surface area (Å²) < 4.78 is 0. The summed E-state index contributed by atoms with van der Waals surface area (Å²) in [5, 5.41) is 8.73. The van der Waals surface area contributed by atoms with Crippen molar-refractivity contribution in [3.8, 4) is 6.07 Å². The quantitative estimate of drug-likeness (QED) is 0.763. The SMILES string of the molecule is CC1CCN(c2ncc(C#N)c(N)n2)CC1. The number of nitrogen functional groups attached to an aromatic ring is 1. The van der Waals surface area contributed by atoms with Gasteiger partial charge in [0.15, 0.2) is 0 Å². The van der Waals surface area contributed by atoms with Gasteiger partial charge in [-0.15, -0.1) is 0 Å². The molecule has 0 radical (unpaired) electrons. The summed E-state index contributed by atoms with van der Waals surface area (Å²) in [7, 11) is 0. The fraction of sp³-hybridized carbons (Fsp3) is 0.545. The maximum Gasteiger partial charge on any atom is 0.227 e. The Morgan fingerprint density at radius 3 is 2.75 bits per heavy atom. The fourth-order valence-electron chi connectivity index (χ4n) is 1.83. The molecule has 2 N–H and O–H groups in total. The normalized spacial score (nSPS) is 17.1. The molecule has 0 aliphatic carbocycles. The standard InChI is InChI=1S/C11H15N5/c1-8-2-4-16(5-3-8)11-14-7-9(6-12)10(13)15-11/h7-8H,2-5H2,1H3,(H2,13,14,15). The largest absolute Gasteiger partial charge is 0.382 e. The number of rotatable bonds is 1. The number of piperidine rings is 1. The second-order valence-electron chi connectivity index (χ2n) is 4.25.